The molecule has 5 rings (SSSR count). The van der Waals surface area contributed by atoms with Gasteiger partial charge < -0.3 is 5.11 Å². The maximum atomic E-state index is 12.5. The van der Waals surface area contributed by atoms with E-state index in [2.05, 4.69) is 44.4 Å². The van der Waals surface area contributed by atoms with Crippen LogP contribution in [0.2, 0.25) is 0 Å². The maximum absolute atomic E-state index is 12.5. The Balaban J connectivity index is 1.43. The molecule has 4 aliphatic carbocycles. The monoisotopic (exact) mass is 444 g/mol. The fourth-order valence-electron chi connectivity index (χ4n) is 10.4. The fraction of sp³-hybridized carbons (Fsp3) is 1.00. The van der Waals surface area contributed by atoms with Gasteiger partial charge in [0, 0.05) is 6.54 Å². The molecule has 184 valence electrons. The van der Waals surface area contributed by atoms with Crippen LogP contribution in [0.3, 0.4) is 0 Å². The van der Waals surface area contributed by atoms with E-state index in [0.717, 1.165) is 56.1 Å². The lowest BCUT2D eigenvalue weighted by Crippen LogP contribution is -2.67. The second kappa shape index (κ2) is 8.52. The van der Waals surface area contributed by atoms with Crippen LogP contribution in [0.15, 0.2) is 0 Å². The standard InChI is InChI=1S/C29H52N2O/c1-6-30(7-2)26-21(3)10-9-19-31(26)29(32)18-14-22-12-13-23-24-11-8-16-27(24,4)17-15-25(23)28(22,5)20-29/h21-26,32H,6-20H2,1-5H3/t21?,22?,23-,24-,25+,26?,27-,28-,29?/m0/s1. The third kappa shape index (κ3) is 3.54. The fourth-order valence-corrected chi connectivity index (χ4v) is 10.4. The minimum Gasteiger partial charge on any atom is -0.376 e. The molecule has 1 aliphatic heterocycles. The summed E-state index contributed by atoms with van der Waals surface area (Å²) in [5.41, 5.74) is 0.352. The smallest absolute Gasteiger partial charge is 0.120 e. The van der Waals surface area contributed by atoms with Gasteiger partial charge in [0.2, 0.25) is 0 Å². The molecule has 0 bridgehead atoms. The van der Waals surface area contributed by atoms with Crippen LogP contribution in [0.1, 0.15) is 112 Å². The zero-order valence-electron chi connectivity index (χ0n) is 21.9. The summed E-state index contributed by atoms with van der Waals surface area (Å²) in [4.78, 5) is 5.24. The molecule has 1 heterocycles. The first-order chi connectivity index (χ1) is 15.3. The molecule has 4 saturated carbocycles. The Morgan fingerprint density at radius 2 is 1.66 bits per heavy atom. The number of likely N-dealkylation sites (tertiary alicyclic amines) is 1. The molecule has 0 aromatic carbocycles. The van der Waals surface area contributed by atoms with Gasteiger partial charge in [0.25, 0.3) is 0 Å². The first-order valence-corrected chi connectivity index (χ1v) is 14.5. The van der Waals surface area contributed by atoms with E-state index in [0.29, 0.717) is 22.9 Å². The highest BCUT2D eigenvalue weighted by Gasteiger charge is 2.61. The summed E-state index contributed by atoms with van der Waals surface area (Å²) < 4.78 is 0. The zero-order chi connectivity index (χ0) is 22.7. The van der Waals surface area contributed by atoms with Crippen molar-refractivity contribution in [2.45, 2.75) is 124 Å². The van der Waals surface area contributed by atoms with Gasteiger partial charge in [0.15, 0.2) is 0 Å². The Morgan fingerprint density at radius 3 is 2.41 bits per heavy atom. The zero-order valence-corrected chi connectivity index (χ0v) is 21.9. The van der Waals surface area contributed by atoms with Crippen molar-refractivity contribution in [3.8, 4) is 0 Å². The molecule has 1 saturated heterocycles. The molecule has 0 spiro atoms. The van der Waals surface area contributed by atoms with E-state index in [4.69, 9.17) is 0 Å². The van der Waals surface area contributed by atoms with Crippen LogP contribution in [-0.2, 0) is 0 Å². The summed E-state index contributed by atoms with van der Waals surface area (Å²) in [6, 6.07) is 0. The lowest BCUT2D eigenvalue weighted by molar-refractivity contribution is -0.242. The van der Waals surface area contributed by atoms with Crippen molar-refractivity contribution in [1.82, 2.24) is 9.80 Å². The van der Waals surface area contributed by atoms with Gasteiger partial charge >= 0.3 is 0 Å². The Hall–Kier alpha value is -0.120. The van der Waals surface area contributed by atoms with Crippen LogP contribution in [0, 0.1) is 40.4 Å². The lowest BCUT2D eigenvalue weighted by Gasteiger charge is -2.64. The van der Waals surface area contributed by atoms with Crippen LogP contribution in [0.4, 0.5) is 0 Å². The summed E-state index contributed by atoms with van der Waals surface area (Å²) in [6.45, 7) is 15.6. The highest BCUT2D eigenvalue weighted by molar-refractivity contribution is 5.10. The van der Waals surface area contributed by atoms with Gasteiger partial charge in [-0.3, -0.25) is 9.80 Å². The summed E-state index contributed by atoms with van der Waals surface area (Å²) >= 11 is 0. The Kier molecular flexibility index (Phi) is 6.29. The number of piperidine rings is 1. The van der Waals surface area contributed by atoms with Gasteiger partial charge in [0.05, 0.1) is 6.17 Å². The average Bonchev–Trinajstić information content (AvgIpc) is 3.17. The molecule has 3 nitrogen and oxygen atoms in total. The van der Waals surface area contributed by atoms with Gasteiger partial charge in [-0.05, 0) is 124 Å². The quantitative estimate of drug-likeness (QED) is 0.535. The molecule has 4 unspecified atom stereocenters. The minimum atomic E-state index is -0.606. The molecule has 5 fully saturated rings. The third-order valence-electron chi connectivity index (χ3n) is 12.0. The molecule has 0 amide bonds. The molecule has 1 N–H and O–H groups in total. The van der Waals surface area contributed by atoms with Crippen molar-refractivity contribution in [3.63, 3.8) is 0 Å². The molecular weight excluding hydrogens is 392 g/mol. The number of nitrogens with zero attached hydrogens (tertiary/aromatic N) is 2. The minimum absolute atomic E-state index is 0.328. The highest BCUT2D eigenvalue weighted by Crippen LogP contribution is 2.67. The van der Waals surface area contributed by atoms with Gasteiger partial charge in [-0.15, -0.1) is 0 Å². The van der Waals surface area contributed by atoms with Gasteiger partial charge in [0.1, 0.15) is 5.72 Å². The summed E-state index contributed by atoms with van der Waals surface area (Å²) in [5.74, 6) is 4.22. The highest BCUT2D eigenvalue weighted by atomic mass is 16.3. The lowest BCUT2D eigenvalue weighted by atomic mass is 9.44. The van der Waals surface area contributed by atoms with Crippen molar-refractivity contribution in [2.75, 3.05) is 19.6 Å². The van der Waals surface area contributed by atoms with E-state index in [1.165, 1.54) is 64.2 Å². The van der Waals surface area contributed by atoms with Gasteiger partial charge in [-0.25, -0.2) is 0 Å². The first-order valence-electron chi connectivity index (χ1n) is 14.5. The largest absolute Gasteiger partial charge is 0.376 e. The molecule has 3 heteroatoms. The maximum Gasteiger partial charge on any atom is 0.120 e. The van der Waals surface area contributed by atoms with E-state index < -0.39 is 5.72 Å². The molecule has 9 atom stereocenters. The Bertz CT molecular complexity index is 678. The van der Waals surface area contributed by atoms with Crippen LogP contribution in [-0.4, -0.2) is 46.4 Å². The topological polar surface area (TPSA) is 26.7 Å². The van der Waals surface area contributed by atoms with E-state index >= 15 is 0 Å². The molecule has 0 radical (unpaired) electrons. The number of aliphatic hydroxyl groups is 1. The molecule has 0 aromatic rings. The summed E-state index contributed by atoms with van der Waals surface area (Å²) in [6.07, 6.45) is 16.4. The molecule has 0 aromatic heterocycles. The predicted molar refractivity (Wildman–Crippen MR) is 133 cm³/mol. The van der Waals surface area contributed by atoms with E-state index in [-0.39, 0.29) is 0 Å². The average molecular weight is 445 g/mol. The number of hydrogen-bond acceptors (Lipinski definition) is 3. The summed E-state index contributed by atoms with van der Waals surface area (Å²) in [5, 5.41) is 12.5. The first kappa shape index (κ1) is 23.6. The third-order valence-corrected chi connectivity index (χ3v) is 12.0. The molecular formula is C29H52N2O. The second-order valence-corrected chi connectivity index (χ2v) is 13.4. The van der Waals surface area contributed by atoms with Crippen molar-refractivity contribution in [1.29, 1.82) is 0 Å². The van der Waals surface area contributed by atoms with Crippen LogP contribution >= 0.6 is 0 Å². The normalized spacial score (nSPS) is 51.8. The van der Waals surface area contributed by atoms with E-state index in [1.54, 1.807) is 0 Å². The van der Waals surface area contributed by atoms with E-state index in [9.17, 15) is 5.11 Å². The SMILES string of the molecule is CCN(CC)C1C(C)CCCN1C1(O)CCC2CC[C@@H]3[C@@H](CC[C@]4(C)CCC[C@@H]34)[C@@]2(C)C1. The van der Waals surface area contributed by atoms with Gasteiger partial charge in [-0.1, -0.05) is 41.0 Å². The summed E-state index contributed by atoms with van der Waals surface area (Å²) in [7, 11) is 0. The van der Waals surface area contributed by atoms with Crippen molar-refractivity contribution >= 4 is 0 Å². The number of rotatable bonds is 4. The predicted octanol–water partition coefficient (Wildman–Crippen LogP) is 6.51. The van der Waals surface area contributed by atoms with Gasteiger partial charge in [-0.2, -0.15) is 0 Å². The van der Waals surface area contributed by atoms with E-state index in [1.807, 2.05) is 0 Å². The number of hydrogen-bond donors (Lipinski definition) is 1. The molecule has 5 aliphatic rings. The van der Waals surface area contributed by atoms with Crippen molar-refractivity contribution in [3.05, 3.63) is 0 Å². The number of fused-ring (bicyclic) bond motifs is 5. The van der Waals surface area contributed by atoms with Crippen LogP contribution in [0.25, 0.3) is 0 Å². The van der Waals surface area contributed by atoms with Crippen LogP contribution < -0.4 is 0 Å². The Labute approximate surface area is 198 Å². The van der Waals surface area contributed by atoms with Crippen molar-refractivity contribution < 1.29 is 5.11 Å². The second-order valence-electron chi connectivity index (χ2n) is 13.4. The molecule has 32 heavy (non-hydrogen) atoms. The van der Waals surface area contributed by atoms with Crippen molar-refractivity contribution in [2.24, 2.45) is 40.4 Å². The Morgan fingerprint density at radius 1 is 0.875 bits per heavy atom. The van der Waals surface area contributed by atoms with Crippen LogP contribution in [0.5, 0.6) is 0 Å².